The van der Waals surface area contributed by atoms with E-state index < -0.39 is 0 Å². The monoisotopic (exact) mass is 463 g/mol. The molecule has 4 fully saturated rings. The first-order chi connectivity index (χ1) is 16.8. The second-order valence-corrected chi connectivity index (χ2v) is 12.5. The molecule has 0 amide bonds. The molecule has 5 unspecified atom stereocenters. The lowest BCUT2D eigenvalue weighted by molar-refractivity contribution is 0.0412. The minimum atomic E-state index is 0.769. The summed E-state index contributed by atoms with van der Waals surface area (Å²) in [7, 11) is 0. The van der Waals surface area contributed by atoms with E-state index in [1.165, 1.54) is 89.9 Å². The van der Waals surface area contributed by atoms with E-state index in [0.717, 1.165) is 54.5 Å². The van der Waals surface area contributed by atoms with Crippen LogP contribution in [-0.4, -0.2) is 46.6 Å². The van der Waals surface area contributed by atoms with Gasteiger partial charge in [0.15, 0.2) is 0 Å². The van der Waals surface area contributed by atoms with Crippen LogP contribution in [-0.2, 0) is 0 Å². The van der Waals surface area contributed by atoms with Crippen LogP contribution in [0, 0.1) is 17.8 Å². The molecule has 6 aliphatic rings. The van der Waals surface area contributed by atoms with Gasteiger partial charge in [-0.15, -0.1) is 0 Å². The molecule has 3 nitrogen and oxygen atoms in total. The van der Waals surface area contributed by atoms with Crippen molar-refractivity contribution in [1.82, 2.24) is 15.1 Å². The molecule has 34 heavy (non-hydrogen) atoms. The Bertz CT molecular complexity index is 805. The normalized spacial score (nSPS) is 42.6. The predicted octanol–water partition coefficient (Wildman–Crippen LogP) is 6.78. The molecule has 1 N–H and O–H groups in total. The number of nitrogens with one attached hydrogen (secondary N) is 1. The van der Waals surface area contributed by atoms with Crippen molar-refractivity contribution in [2.24, 2.45) is 17.8 Å². The Morgan fingerprint density at radius 2 is 1.62 bits per heavy atom. The van der Waals surface area contributed by atoms with Crippen molar-refractivity contribution in [2.45, 2.75) is 134 Å². The topological polar surface area (TPSA) is 18.5 Å². The predicted molar refractivity (Wildman–Crippen MR) is 142 cm³/mol. The summed E-state index contributed by atoms with van der Waals surface area (Å²) in [5.41, 5.74) is 3.35. The van der Waals surface area contributed by atoms with E-state index in [9.17, 15) is 0 Å². The summed E-state index contributed by atoms with van der Waals surface area (Å²) in [6.45, 7) is 5.88. The first-order valence-electron chi connectivity index (χ1n) is 15.1. The smallest absolute Gasteiger partial charge is 0.0363 e. The number of hydrogen-bond donors (Lipinski definition) is 1. The highest BCUT2D eigenvalue weighted by Crippen LogP contribution is 2.56. The van der Waals surface area contributed by atoms with Crippen LogP contribution in [0.1, 0.15) is 104 Å². The lowest BCUT2D eigenvalue weighted by Gasteiger charge is -2.47. The lowest BCUT2D eigenvalue weighted by Crippen LogP contribution is -2.52. The van der Waals surface area contributed by atoms with Gasteiger partial charge >= 0.3 is 0 Å². The maximum atomic E-state index is 3.48. The molecule has 6 rings (SSSR count). The molecule has 3 saturated carbocycles. The molecule has 7 atom stereocenters. The second kappa shape index (κ2) is 10.0. The van der Waals surface area contributed by atoms with Gasteiger partial charge in [-0.25, -0.2) is 0 Å². The number of hydrogen-bond acceptors (Lipinski definition) is 3. The summed E-state index contributed by atoms with van der Waals surface area (Å²) >= 11 is 0. The number of likely N-dealkylation sites (tertiary alicyclic amines) is 1. The second-order valence-electron chi connectivity index (χ2n) is 12.5. The van der Waals surface area contributed by atoms with Crippen LogP contribution < -0.4 is 5.32 Å². The molecule has 0 spiro atoms. The minimum absolute atomic E-state index is 0.769. The van der Waals surface area contributed by atoms with Gasteiger partial charge in [0.1, 0.15) is 0 Å². The first kappa shape index (κ1) is 23.2. The van der Waals surface area contributed by atoms with E-state index in [1.54, 1.807) is 11.3 Å². The Morgan fingerprint density at radius 3 is 2.47 bits per heavy atom. The number of allylic oxidation sites excluding steroid dienone is 2. The van der Waals surface area contributed by atoms with Crippen molar-refractivity contribution in [3.63, 3.8) is 0 Å². The molecule has 3 heterocycles. The molecule has 3 aliphatic carbocycles. The fourth-order valence-corrected chi connectivity index (χ4v) is 9.56. The molecule has 0 radical (unpaired) electrons. The maximum Gasteiger partial charge on any atom is 0.0363 e. The third kappa shape index (κ3) is 3.98. The van der Waals surface area contributed by atoms with Gasteiger partial charge in [0.05, 0.1) is 0 Å². The van der Waals surface area contributed by atoms with Gasteiger partial charge in [-0.1, -0.05) is 44.3 Å². The van der Waals surface area contributed by atoms with E-state index in [-0.39, 0.29) is 0 Å². The molecule has 1 saturated heterocycles. The number of nitrogens with zero attached hydrogens (tertiary/aromatic N) is 2. The SMILES string of the molecule is C/C=C\C1=C(C)C2CC3[C@H](CC2N1C1CCCCC1)[C@@H]1CCCCC1N3C1C/C=C\NCCC1. The van der Waals surface area contributed by atoms with Crippen molar-refractivity contribution in [2.75, 3.05) is 6.54 Å². The van der Waals surface area contributed by atoms with Gasteiger partial charge in [0.2, 0.25) is 0 Å². The van der Waals surface area contributed by atoms with E-state index in [4.69, 9.17) is 0 Å². The average Bonchev–Trinajstić information content (AvgIpc) is 3.30. The van der Waals surface area contributed by atoms with Crippen LogP contribution >= 0.6 is 0 Å². The van der Waals surface area contributed by atoms with Gasteiger partial charge in [0, 0.05) is 48.4 Å². The fourth-order valence-electron chi connectivity index (χ4n) is 9.56. The molecule has 0 aromatic heterocycles. The molecule has 188 valence electrons. The maximum absolute atomic E-state index is 3.48. The summed E-state index contributed by atoms with van der Waals surface area (Å²) in [5.74, 6) is 2.68. The zero-order valence-corrected chi connectivity index (χ0v) is 21.9. The van der Waals surface area contributed by atoms with Gasteiger partial charge in [-0.3, -0.25) is 4.90 Å². The Morgan fingerprint density at radius 1 is 0.824 bits per heavy atom. The highest BCUT2D eigenvalue weighted by Gasteiger charge is 2.57. The van der Waals surface area contributed by atoms with E-state index in [2.05, 4.69) is 53.4 Å². The summed E-state index contributed by atoms with van der Waals surface area (Å²) in [6.07, 6.45) is 29.4. The quantitative estimate of drug-likeness (QED) is 0.498. The first-order valence-corrected chi connectivity index (χ1v) is 15.1. The van der Waals surface area contributed by atoms with Crippen LogP contribution in [0.5, 0.6) is 0 Å². The van der Waals surface area contributed by atoms with Gasteiger partial charge in [-0.05, 0) is 101 Å². The van der Waals surface area contributed by atoms with Crippen molar-refractivity contribution in [1.29, 1.82) is 0 Å². The average molecular weight is 464 g/mol. The Hall–Kier alpha value is -1.22. The summed E-state index contributed by atoms with van der Waals surface area (Å²) in [4.78, 5) is 6.16. The van der Waals surface area contributed by atoms with E-state index in [0.29, 0.717) is 0 Å². The zero-order chi connectivity index (χ0) is 23.1. The van der Waals surface area contributed by atoms with Crippen LogP contribution in [0.4, 0.5) is 0 Å². The standard InChI is InChI=1S/C31H49N3/c1-3-11-28-22(2)26-20-31-27(21-30(26)33(28)23-12-5-4-6-13-23)25-16-7-8-17-29(25)34(31)24-14-9-18-32-19-10-15-24/h3,9,11,18,23-27,29-32H,4-8,10,12-17,19-21H2,1-2H3/b11-3-,18-9-/t24?,25-,26?,27+,29?,30?,31?/m0/s1. The van der Waals surface area contributed by atoms with Crippen LogP contribution in [0.2, 0.25) is 0 Å². The molecular formula is C31H49N3. The molecule has 0 bridgehead atoms. The van der Waals surface area contributed by atoms with E-state index >= 15 is 0 Å². The van der Waals surface area contributed by atoms with Crippen LogP contribution in [0.25, 0.3) is 0 Å². The molecular weight excluding hydrogens is 414 g/mol. The Labute approximate surface area is 209 Å². The highest BCUT2D eigenvalue weighted by molar-refractivity contribution is 5.35. The highest BCUT2D eigenvalue weighted by atomic mass is 15.3. The summed E-state index contributed by atoms with van der Waals surface area (Å²) < 4.78 is 0. The largest absolute Gasteiger partial charge is 0.391 e. The Balaban J connectivity index is 1.32. The zero-order valence-electron chi connectivity index (χ0n) is 21.9. The minimum Gasteiger partial charge on any atom is -0.391 e. The Kier molecular flexibility index (Phi) is 6.84. The molecule has 0 aromatic carbocycles. The summed E-state index contributed by atoms with van der Waals surface area (Å²) in [5, 5.41) is 3.48. The van der Waals surface area contributed by atoms with Crippen molar-refractivity contribution in [3.8, 4) is 0 Å². The summed E-state index contributed by atoms with van der Waals surface area (Å²) in [6, 6.07) is 4.04. The third-order valence-corrected chi connectivity index (χ3v) is 10.9. The van der Waals surface area contributed by atoms with E-state index in [1.807, 2.05) is 0 Å². The molecule has 3 heteroatoms. The third-order valence-electron chi connectivity index (χ3n) is 10.9. The van der Waals surface area contributed by atoms with Gasteiger partial charge < -0.3 is 10.2 Å². The van der Waals surface area contributed by atoms with Crippen molar-refractivity contribution in [3.05, 3.63) is 35.7 Å². The van der Waals surface area contributed by atoms with Crippen molar-refractivity contribution < 1.29 is 0 Å². The van der Waals surface area contributed by atoms with Crippen LogP contribution in [0.15, 0.2) is 35.7 Å². The van der Waals surface area contributed by atoms with Crippen LogP contribution in [0.3, 0.4) is 0 Å². The molecule has 0 aromatic rings. The lowest BCUT2D eigenvalue weighted by atomic mass is 9.68. The number of rotatable bonds is 3. The van der Waals surface area contributed by atoms with Gasteiger partial charge in [0.25, 0.3) is 0 Å². The van der Waals surface area contributed by atoms with Gasteiger partial charge in [-0.2, -0.15) is 0 Å². The molecule has 3 aliphatic heterocycles. The fraction of sp³-hybridized carbons (Fsp3) is 0.806. The van der Waals surface area contributed by atoms with Crippen molar-refractivity contribution >= 4 is 0 Å². The number of fused-ring (bicyclic) bond motifs is 4.